The summed E-state index contributed by atoms with van der Waals surface area (Å²) >= 11 is 0. The fourth-order valence-electron chi connectivity index (χ4n) is 1.74. The minimum atomic E-state index is -0.873. The number of carboxylic acid groups (broad SMARTS) is 1. The summed E-state index contributed by atoms with van der Waals surface area (Å²) in [5.74, 6) is 0.226. The van der Waals surface area contributed by atoms with Gasteiger partial charge in [-0.05, 0) is 44.0 Å². The van der Waals surface area contributed by atoms with Crippen molar-refractivity contribution < 1.29 is 14.6 Å². The molecule has 0 aromatic heterocycles. The summed E-state index contributed by atoms with van der Waals surface area (Å²) < 4.78 is 5.59. The smallest absolute Gasteiger partial charge is 0.325 e. The number of aliphatic carboxylic acids is 1. The van der Waals surface area contributed by atoms with Crippen LogP contribution in [0.25, 0.3) is 0 Å². The first-order chi connectivity index (χ1) is 8.90. The van der Waals surface area contributed by atoms with Gasteiger partial charge < -0.3 is 15.2 Å². The summed E-state index contributed by atoms with van der Waals surface area (Å²) in [6, 6.07) is 6.55. The lowest BCUT2D eigenvalue weighted by Gasteiger charge is -2.18. The van der Waals surface area contributed by atoms with Gasteiger partial charge in [-0.25, -0.2) is 0 Å². The maximum Gasteiger partial charge on any atom is 0.325 e. The summed E-state index contributed by atoms with van der Waals surface area (Å²) in [7, 11) is 0. The van der Waals surface area contributed by atoms with Crippen LogP contribution in [0.3, 0.4) is 0 Å². The fraction of sp³-hybridized carbons (Fsp3) is 0.533. The lowest BCUT2D eigenvalue weighted by atomic mass is 10.1. The van der Waals surface area contributed by atoms with Crippen LogP contribution in [0.2, 0.25) is 0 Å². The first kappa shape index (κ1) is 15.5. The second-order valence-corrected chi connectivity index (χ2v) is 5.31. The molecule has 1 rings (SSSR count). The van der Waals surface area contributed by atoms with Gasteiger partial charge in [0.05, 0.1) is 6.10 Å². The van der Waals surface area contributed by atoms with Gasteiger partial charge in [0.25, 0.3) is 0 Å². The molecule has 0 aliphatic carbocycles. The van der Waals surface area contributed by atoms with Crippen LogP contribution in [0.15, 0.2) is 24.3 Å². The Morgan fingerprint density at radius 3 is 2.53 bits per heavy atom. The van der Waals surface area contributed by atoms with Gasteiger partial charge in [0, 0.05) is 0 Å². The van der Waals surface area contributed by atoms with Gasteiger partial charge in [-0.3, -0.25) is 4.79 Å². The number of carboxylic acids is 1. The van der Waals surface area contributed by atoms with Gasteiger partial charge in [0.15, 0.2) is 0 Å². The number of hydrogen-bond acceptors (Lipinski definition) is 3. The third-order valence-electron chi connectivity index (χ3n) is 2.54. The van der Waals surface area contributed by atoms with Crippen LogP contribution in [0.4, 0.5) is 0 Å². The molecule has 1 atom stereocenters. The molecule has 0 amide bonds. The SMILES string of the molecule is CC(C)CNC(C(=O)O)c1cccc(OC(C)C)c1. The van der Waals surface area contributed by atoms with Crippen LogP contribution in [0.5, 0.6) is 5.75 Å². The zero-order valence-corrected chi connectivity index (χ0v) is 12.0. The Balaban J connectivity index is 2.86. The standard InChI is InChI=1S/C15H23NO3/c1-10(2)9-16-14(15(17)18)12-6-5-7-13(8-12)19-11(3)4/h5-8,10-11,14,16H,9H2,1-4H3,(H,17,18). The second kappa shape index (κ2) is 7.14. The van der Waals surface area contributed by atoms with Crippen molar-refractivity contribution in [3.8, 4) is 5.75 Å². The Morgan fingerprint density at radius 1 is 1.32 bits per heavy atom. The monoisotopic (exact) mass is 265 g/mol. The van der Waals surface area contributed by atoms with Crippen LogP contribution < -0.4 is 10.1 Å². The molecule has 19 heavy (non-hydrogen) atoms. The van der Waals surface area contributed by atoms with Crippen molar-refractivity contribution in [1.82, 2.24) is 5.32 Å². The topological polar surface area (TPSA) is 58.6 Å². The average molecular weight is 265 g/mol. The first-order valence-electron chi connectivity index (χ1n) is 6.63. The minimum absolute atomic E-state index is 0.0714. The molecular weight excluding hydrogens is 242 g/mol. The van der Waals surface area contributed by atoms with Gasteiger partial charge >= 0.3 is 5.97 Å². The fourth-order valence-corrected chi connectivity index (χ4v) is 1.74. The first-order valence-corrected chi connectivity index (χ1v) is 6.63. The van der Waals surface area contributed by atoms with E-state index in [-0.39, 0.29) is 6.10 Å². The highest BCUT2D eigenvalue weighted by Gasteiger charge is 2.19. The van der Waals surface area contributed by atoms with Crippen LogP contribution in [-0.4, -0.2) is 23.7 Å². The number of carbonyl (C=O) groups is 1. The van der Waals surface area contributed by atoms with Crippen molar-refractivity contribution in [2.24, 2.45) is 5.92 Å². The molecule has 0 aliphatic rings. The Bertz CT molecular complexity index is 416. The van der Waals surface area contributed by atoms with Crippen LogP contribution in [-0.2, 0) is 4.79 Å². The highest BCUT2D eigenvalue weighted by atomic mass is 16.5. The van der Waals surface area contributed by atoms with Crippen molar-refractivity contribution in [2.75, 3.05) is 6.54 Å². The number of benzene rings is 1. The van der Waals surface area contributed by atoms with Gasteiger partial charge in [-0.2, -0.15) is 0 Å². The molecule has 4 nitrogen and oxygen atoms in total. The molecule has 4 heteroatoms. The van der Waals surface area contributed by atoms with Crippen molar-refractivity contribution >= 4 is 5.97 Å². The molecule has 0 saturated carbocycles. The van der Waals surface area contributed by atoms with E-state index in [2.05, 4.69) is 5.32 Å². The molecule has 0 radical (unpaired) electrons. The highest BCUT2D eigenvalue weighted by molar-refractivity contribution is 5.75. The molecule has 1 unspecified atom stereocenters. The van der Waals surface area contributed by atoms with Gasteiger partial charge in [0.1, 0.15) is 11.8 Å². The van der Waals surface area contributed by atoms with Crippen LogP contribution in [0, 0.1) is 5.92 Å². The second-order valence-electron chi connectivity index (χ2n) is 5.31. The molecule has 0 bridgehead atoms. The van der Waals surface area contributed by atoms with E-state index in [1.165, 1.54) is 0 Å². The lowest BCUT2D eigenvalue weighted by molar-refractivity contribution is -0.139. The number of hydrogen-bond donors (Lipinski definition) is 2. The van der Waals surface area contributed by atoms with E-state index in [1.54, 1.807) is 12.1 Å². The highest BCUT2D eigenvalue weighted by Crippen LogP contribution is 2.20. The maximum absolute atomic E-state index is 11.3. The average Bonchev–Trinajstić information content (AvgIpc) is 2.27. The molecule has 0 saturated heterocycles. The number of ether oxygens (including phenoxy) is 1. The molecule has 1 aromatic carbocycles. The van der Waals surface area contributed by atoms with Crippen LogP contribution >= 0.6 is 0 Å². The number of nitrogens with one attached hydrogen (secondary N) is 1. The van der Waals surface area contributed by atoms with Gasteiger partial charge in [-0.1, -0.05) is 26.0 Å². The zero-order valence-electron chi connectivity index (χ0n) is 12.0. The van der Waals surface area contributed by atoms with Crippen molar-refractivity contribution in [3.63, 3.8) is 0 Å². The van der Waals surface area contributed by atoms with E-state index < -0.39 is 12.0 Å². The minimum Gasteiger partial charge on any atom is -0.491 e. The molecule has 0 spiro atoms. The predicted molar refractivity (Wildman–Crippen MR) is 75.4 cm³/mol. The Morgan fingerprint density at radius 2 is 2.00 bits per heavy atom. The third kappa shape index (κ3) is 5.30. The van der Waals surface area contributed by atoms with E-state index in [1.807, 2.05) is 39.8 Å². The normalized spacial score (nSPS) is 12.7. The molecule has 106 valence electrons. The largest absolute Gasteiger partial charge is 0.491 e. The van der Waals surface area contributed by atoms with E-state index in [0.29, 0.717) is 23.8 Å². The molecule has 0 heterocycles. The van der Waals surface area contributed by atoms with Crippen molar-refractivity contribution in [1.29, 1.82) is 0 Å². The Labute approximate surface area is 114 Å². The Hall–Kier alpha value is -1.55. The van der Waals surface area contributed by atoms with Crippen LogP contribution in [0.1, 0.15) is 39.3 Å². The summed E-state index contributed by atoms with van der Waals surface area (Å²) in [5, 5.41) is 12.4. The zero-order chi connectivity index (χ0) is 14.4. The van der Waals surface area contributed by atoms with Gasteiger partial charge in [0.2, 0.25) is 0 Å². The summed E-state index contributed by atoms with van der Waals surface area (Å²) in [4.78, 5) is 11.3. The van der Waals surface area contributed by atoms with Gasteiger partial charge in [-0.15, -0.1) is 0 Å². The maximum atomic E-state index is 11.3. The summed E-state index contributed by atoms with van der Waals surface area (Å²) in [6.07, 6.45) is 0.0714. The predicted octanol–water partition coefficient (Wildman–Crippen LogP) is 2.85. The number of rotatable bonds is 7. The molecule has 0 fully saturated rings. The summed E-state index contributed by atoms with van der Waals surface area (Å²) in [5.41, 5.74) is 0.714. The quantitative estimate of drug-likeness (QED) is 0.796. The molecule has 2 N–H and O–H groups in total. The van der Waals surface area contributed by atoms with Crippen molar-refractivity contribution in [3.05, 3.63) is 29.8 Å². The third-order valence-corrected chi connectivity index (χ3v) is 2.54. The van der Waals surface area contributed by atoms with Crippen molar-refractivity contribution in [2.45, 2.75) is 39.8 Å². The molecular formula is C15H23NO3. The summed E-state index contributed by atoms with van der Waals surface area (Å²) in [6.45, 7) is 8.64. The molecule has 1 aromatic rings. The van der Waals surface area contributed by atoms with E-state index >= 15 is 0 Å². The van der Waals surface area contributed by atoms with E-state index in [4.69, 9.17) is 4.74 Å². The Kier molecular flexibility index (Phi) is 5.83. The lowest BCUT2D eigenvalue weighted by Crippen LogP contribution is -2.31. The van der Waals surface area contributed by atoms with E-state index in [0.717, 1.165) is 0 Å². The van der Waals surface area contributed by atoms with E-state index in [9.17, 15) is 9.90 Å². The molecule has 0 aliphatic heterocycles.